The van der Waals surface area contributed by atoms with Crippen molar-refractivity contribution in [3.63, 3.8) is 0 Å². The Kier molecular flexibility index (Phi) is 5.43. The van der Waals surface area contributed by atoms with Gasteiger partial charge in [-0.3, -0.25) is 10.1 Å². The van der Waals surface area contributed by atoms with Crippen LogP contribution in [0.3, 0.4) is 0 Å². The zero-order valence-electron chi connectivity index (χ0n) is 12.8. The third kappa shape index (κ3) is 3.88. The van der Waals surface area contributed by atoms with Gasteiger partial charge in [0.2, 0.25) is 5.82 Å². The molecular weight excluding hydrogens is 410 g/mol. The number of nitrogens with zero attached hydrogens (tertiary/aromatic N) is 4. The van der Waals surface area contributed by atoms with E-state index in [1.807, 2.05) is 0 Å². The summed E-state index contributed by atoms with van der Waals surface area (Å²) < 4.78 is 65.1. The van der Waals surface area contributed by atoms with Gasteiger partial charge in [-0.05, 0) is 18.6 Å². The third-order valence-corrected chi connectivity index (χ3v) is 3.71. The van der Waals surface area contributed by atoms with E-state index in [1.165, 1.54) is 25.1 Å². The number of benzene rings is 1. The van der Waals surface area contributed by atoms with Crippen LogP contribution < -0.4 is 0 Å². The van der Waals surface area contributed by atoms with Gasteiger partial charge in [-0.25, -0.2) is 9.67 Å². The van der Waals surface area contributed by atoms with Crippen molar-refractivity contribution in [2.75, 3.05) is 0 Å². The summed E-state index contributed by atoms with van der Waals surface area (Å²) in [7, 11) is 0. The molecule has 1 heterocycles. The zero-order chi connectivity index (χ0) is 19.9. The Labute approximate surface area is 152 Å². The van der Waals surface area contributed by atoms with Gasteiger partial charge in [0.25, 0.3) is 5.69 Å². The van der Waals surface area contributed by atoms with Gasteiger partial charge in [-0.15, -0.1) is 5.10 Å². The summed E-state index contributed by atoms with van der Waals surface area (Å²) in [6.45, 7) is 1.13. The molecule has 0 fully saturated rings. The predicted molar refractivity (Wildman–Crippen MR) is 81.4 cm³/mol. The molecule has 26 heavy (non-hydrogen) atoms. The molecular formula is C13H9Cl2F5N4O2. The number of nitro benzene ring substituents is 1. The summed E-state index contributed by atoms with van der Waals surface area (Å²) >= 11 is 11.2. The van der Waals surface area contributed by atoms with Gasteiger partial charge in [0.15, 0.2) is 10.7 Å². The van der Waals surface area contributed by atoms with E-state index in [-0.39, 0.29) is 17.8 Å². The lowest BCUT2D eigenvalue weighted by Crippen LogP contribution is -2.35. The summed E-state index contributed by atoms with van der Waals surface area (Å²) in [5.74, 6) is -7.59. The molecule has 0 aliphatic heterocycles. The lowest BCUT2D eigenvalue weighted by Gasteiger charge is -2.15. The van der Waals surface area contributed by atoms with Crippen LogP contribution in [-0.4, -0.2) is 25.9 Å². The highest BCUT2D eigenvalue weighted by Gasteiger charge is 2.62. The highest BCUT2D eigenvalue weighted by Crippen LogP contribution is 2.43. The fourth-order valence-electron chi connectivity index (χ4n) is 2.09. The number of halogens is 7. The minimum atomic E-state index is -5.89. The summed E-state index contributed by atoms with van der Waals surface area (Å²) in [5, 5.41) is 14.0. The molecule has 6 nitrogen and oxygen atoms in total. The van der Waals surface area contributed by atoms with Crippen LogP contribution in [0, 0.1) is 17.0 Å². The number of alkyl halides is 7. The lowest BCUT2D eigenvalue weighted by atomic mass is 10.1. The number of nitro groups is 1. The topological polar surface area (TPSA) is 73.8 Å². The van der Waals surface area contributed by atoms with Crippen molar-refractivity contribution < 1.29 is 26.9 Å². The maximum atomic E-state index is 13.4. The monoisotopic (exact) mass is 418 g/mol. The number of hydrogen-bond acceptors (Lipinski definition) is 4. The average Bonchev–Trinajstić information content (AvgIpc) is 2.90. The van der Waals surface area contributed by atoms with Crippen LogP contribution in [0.2, 0.25) is 0 Å². The number of rotatable bonds is 5. The fraction of sp³-hybridized carbons (Fsp3) is 0.385. The molecule has 2 aromatic rings. The second kappa shape index (κ2) is 6.95. The molecule has 0 atom stereocenters. The lowest BCUT2D eigenvalue weighted by molar-refractivity contribution is -0.385. The van der Waals surface area contributed by atoms with Crippen LogP contribution in [0.4, 0.5) is 27.6 Å². The number of aromatic nitrogens is 3. The van der Waals surface area contributed by atoms with E-state index in [0.29, 0.717) is 10.2 Å². The molecule has 0 radical (unpaired) electrons. The molecule has 0 saturated carbocycles. The maximum absolute atomic E-state index is 13.4. The molecule has 1 aromatic heterocycles. The molecule has 0 saturated heterocycles. The molecule has 0 spiro atoms. The van der Waals surface area contributed by atoms with Gasteiger partial charge in [-0.2, -0.15) is 22.0 Å². The first-order valence-corrected chi connectivity index (χ1v) is 7.63. The Morgan fingerprint density at radius 3 is 2.35 bits per heavy atom. The van der Waals surface area contributed by atoms with Crippen LogP contribution in [0.25, 0.3) is 0 Å². The molecule has 0 bridgehead atoms. The molecule has 0 aliphatic carbocycles. The van der Waals surface area contributed by atoms with E-state index >= 15 is 0 Å². The zero-order valence-corrected chi connectivity index (χ0v) is 14.3. The SMILES string of the molecule is Cc1cc(Cn2nc(C(F)(F)C(F)(F)F)nc2C(Cl)Cl)ccc1[N+](=O)[O-]. The van der Waals surface area contributed by atoms with E-state index in [9.17, 15) is 32.1 Å². The largest absolute Gasteiger partial charge is 0.461 e. The quantitative estimate of drug-likeness (QED) is 0.306. The first-order chi connectivity index (χ1) is 11.8. The number of hydrogen-bond donors (Lipinski definition) is 0. The van der Waals surface area contributed by atoms with E-state index in [1.54, 1.807) is 0 Å². The smallest absolute Gasteiger partial charge is 0.258 e. The van der Waals surface area contributed by atoms with E-state index in [0.717, 1.165) is 0 Å². The van der Waals surface area contributed by atoms with E-state index < -0.39 is 33.5 Å². The Balaban J connectivity index is 2.44. The van der Waals surface area contributed by atoms with Gasteiger partial charge in [0.1, 0.15) is 0 Å². The Morgan fingerprint density at radius 2 is 1.88 bits per heavy atom. The Morgan fingerprint density at radius 1 is 1.27 bits per heavy atom. The second-order valence-corrected chi connectivity index (χ2v) is 6.30. The Hall–Kier alpha value is -2.01. The van der Waals surface area contributed by atoms with Gasteiger partial charge >= 0.3 is 12.1 Å². The molecule has 0 unspecified atom stereocenters. The highest BCUT2D eigenvalue weighted by molar-refractivity contribution is 6.43. The highest BCUT2D eigenvalue weighted by atomic mass is 35.5. The first-order valence-electron chi connectivity index (χ1n) is 6.76. The molecule has 1 aromatic carbocycles. The molecule has 0 aliphatic rings. The molecule has 0 N–H and O–H groups in total. The second-order valence-electron chi connectivity index (χ2n) is 5.20. The van der Waals surface area contributed by atoms with Crippen LogP contribution >= 0.6 is 23.2 Å². The molecule has 0 amide bonds. The van der Waals surface area contributed by atoms with Crippen molar-refractivity contribution >= 4 is 28.9 Å². The predicted octanol–water partition coefficient (Wildman–Crippen LogP) is 4.67. The summed E-state index contributed by atoms with van der Waals surface area (Å²) in [5.41, 5.74) is 0.433. The molecule has 2 rings (SSSR count). The van der Waals surface area contributed by atoms with Crippen LogP contribution in [0.5, 0.6) is 0 Å². The van der Waals surface area contributed by atoms with Gasteiger partial charge in [0.05, 0.1) is 11.5 Å². The van der Waals surface area contributed by atoms with Gasteiger partial charge < -0.3 is 0 Å². The van der Waals surface area contributed by atoms with Gasteiger partial charge in [-0.1, -0.05) is 29.3 Å². The van der Waals surface area contributed by atoms with Crippen LogP contribution in [0.15, 0.2) is 18.2 Å². The fourth-order valence-corrected chi connectivity index (χ4v) is 2.41. The van der Waals surface area contributed by atoms with Crippen molar-refractivity contribution in [1.82, 2.24) is 14.8 Å². The summed E-state index contributed by atoms with van der Waals surface area (Å²) in [6.07, 6.45) is -5.89. The minimum Gasteiger partial charge on any atom is -0.258 e. The molecule has 13 heteroatoms. The third-order valence-electron chi connectivity index (χ3n) is 3.32. The van der Waals surface area contributed by atoms with Crippen LogP contribution in [-0.2, 0) is 12.5 Å². The summed E-state index contributed by atoms with van der Waals surface area (Å²) in [4.78, 5) is 11.8. The molecule has 142 valence electrons. The van der Waals surface area contributed by atoms with Crippen molar-refractivity contribution in [2.24, 2.45) is 0 Å². The van der Waals surface area contributed by atoms with Crippen molar-refractivity contribution in [2.45, 2.75) is 30.4 Å². The first kappa shape index (κ1) is 20.3. The van der Waals surface area contributed by atoms with Crippen molar-refractivity contribution in [1.29, 1.82) is 0 Å². The van der Waals surface area contributed by atoms with E-state index in [2.05, 4.69) is 10.1 Å². The van der Waals surface area contributed by atoms with E-state index in [4.69, 9.17) is 23.2 Å². The van der Waals surface area contributed by atoms with Crippen molar-refractivity contribution in [3.8, 4) is 0 Å². The maximum Gasteiger partial charge on any atom is 0.461 e. The van der Waals surface area contributed by atoms with Crippen LogP contribution in [0.1, 0.15) is 27.6 Å². The van der Waals surface area contributed by atoms with Crippen molar-refractivity contribution in [3.05, 3.63) is 51.1 Å². The minimum absolute atomic E-state index is 0.176. The number of aryl methyl sites for hydroxylation is 1. The normalized spacial score (nSPS) is 12.7. The Bertz CT molecular complexity index is 838. The average molecular weight is 419 g/mol. The summed E-state index contributed by atoms with van der Waals surface area (Å²) in [6, 6.07) is 3.84. The standard InChI is InChI=1S/C13H9Cl2F5N4O2/c1-6-4-7(2-3-8(6)24(25)26)5-23-10(9(14)15)21-11(22-23)12(16,17)13(18,19)20/h2-4,9H,5H2,1H3. The van der Waals surface area contributed by atoms with Gasteiger partial charge in [0, 0.05) is 11.6 Å².